The van der Waals surface area contributed by atoms with Crippen molar-refractivity contribution < 1.29 is 9.53 Å². The molecule has 0 aromatic carbocycles. The molecule has 2 saturated carbocycles. The Labute approximate surface area is 146 Å². The van der Waals surface area contributed by atoms with Crippen molar-refractivity contribution in [3.05, 3.63) is 0 Å². The molecule has 2 aliphatic rings. The molecule has 6 nitrogen and oxygen atoms in total. The first-order valence-electron chi connectivity index (χ1n) is 9.48. The van der Waals surface area contributed by atoms with Crippen LogP contribution in [-0.2, 0) is 9.53 Å². The van der Waals surface area contributed by atoms with Gasteiger partial charge in [-0.2, -0.15) is 0 Å². The molecule has 1 amide bonds. The summed E-state index contributed by atoms with van der Waals surface area (Å²) in [5.41, 5.74) is 0.304. The van der Waals surface area contributed by atoms with Crippen LogP contribution in [0.15, 0.2) is 4.99 Å². The molecule has 0 saturated heterocycles. The van der Waals surface area contributed by atoms with Crippen LogP contribution in [0.3, 0.4) is 0 Å². The summed E-state index contributed by atoms with van der Waals surface area (Å²) in [6.07, 6.45) is 8.28. The van der Waals surface area contributed by atoms with Crippen molar-refractivity contribution in [2.45, 2.75) is 51.9 Å². The number of nitrogens with zero attached hydrogens (tertiary/aromatic N) is 1. The topological polar surface area (TPSA) is 74.8 Å². The Balaban J connectivity index is 1.76. The fourth-order valence-electron chi connectivity index (χ4n) is 3.38. The van der Waals surface area contributed by atoms with Crippen LogP contribution in [0.1, 0.15) is 51.9 Å². The van der Waals surface area contributed by atoms with Crippen LogP contribution in [0, 0.1) is 11.3 Å². The number of carbonyl (C=O) groups excluding carboxylic acids is 1. The maximum Gasteiger partial charge on any atom is 0.223 e. The van der Waals surface area contributed by atoms with Crippen LogP contribution in [0.2, 0.25) is 0 Å². The average Bonchev–Trinajstić information content (AvgIpc) is 3.34. The van der Waals surface area contributed by atoms with Gasteiger partial charge in [0, 0.05) is 45.8 Å². The Bertz CT molecular complexity index is 415. The SMILES string of the molecule is CCNC(=NCC1(CCOC)CCCC1)NCCNC(=O)C1CC1. The van der Waals surface area contributed by atoms with Crippen molar-refractivity contribution >= 4 is 11.9 Å². The van der Waals surface area contributed by atoms with Crippen LogP contribution < -0.4 is 16.0 Å². The summed E-state index contributed by atoms with van der Waals surface area (Å²) in [7, 11) is 1.77. The van der Waals surface area contributed by atoms with Gasteiger partial charge in [0.25, 0.3) is 0 Å². The second kappa shape index (κ2) is 9.87. The van der Waals surface area contributed by atoms with Gasteiger partial charge >= 0.3 is 0 Å². The molecule has 0 bridgehead atoms. The average molecular weight is 338 g/mol. The number of amides is 1. The van der Waals surface area contributed by atoms with Gasteiger partial charge in [0.1, 0.15) is 0 Å². The molecule has 0 atom stereocenters. The van der Waals surface area contributed by atoms with Crippen molar-refractivity contribution in [3.63, 3.8) is 0 Å². The second-order valence-corrected chi connectivity index (χ2v) is 7.14. The monoisotopic (exact) mass is 338 g/mol. The molecule has 0 aromatic rings. The minimum absolute atomic E-state index is 0.197. The number of hydrogen-bond donors (Lipinski definition) is 3. The summed E-state index contributed by atoms with van der Waals surface area (Å²) in [5.74, 6) is 1.32. The highest BCUT2D eigenvalue weighted by molar-refractivity contribution is 5.81. The Kier molecular flexibility index (Phi) is 7.82. The molecule has 0 aromatic heterocycles. The Morgan fingerprint density at radius 3 is 2.50 bits per heavy atom. The van der Waals surface area contributed by atoms with E-state index in [1.165, 1.54) is 25.7 Å². The second-order valence-electron chi connectivity index (χ2n) is 7.14. The summed E-state index contributed by atoms with van der Waals surface area (Å²) in [4.78, 5) is 16.4. The number of rotatable bonds is 10. The smallest absolute Gasteiger partial charge is 0.223 e. The Morgan fingerprint density at radius 1 is 1.17 bits per heavy atom. The number of carbonyl (C=O) groups is 1. The zero-order chi connectivity index (χ0) is 17.3. The summed E-state index contributed by atoms with van der Waals surface area (Å²) in [6, 6.07) is 0. The third-order valence-corrected chi connectivity index (χ3v) is 5.08. The first kappa shape index (κ1) is 19.0. The Morgan fingerprint density at radius 2 is 1.88 bits per heavy atom. The Hall–Kier alpha value is -1.30. The summed E-state index contributed by atoms with van der Waals surface area (Å²) < 4.78 is 5.29. The molecule has 6 heteroatoms. The van der Waals surface area contributed by atoms with Crippen LogP contribution in [0.4, 0.5) is 0 Å². The number of hydrogen-bond acceptors (Lipinski definition) is 3. The van der Waals surface area contributed by atoms with Crippen molar-refractivity contribution in [1.82, 2.24) is 16.0 Å². The number of nitrogens with one attached hydrogen (secondary N) is 3. The number of methoxy groups -OCH3 is 1. The van der Waals surface area contributed by atoms with E-state index in [-0.39, 0.29) is 11.8 Å². The van der Waals surface area contributed by atoms with Gasteiger partial charge in [-0.1, -0.05) is 12.8 Å². The van der Waals surface area contributed by atoms with Crippen LogP contribution >= 0.6 is 0 Å². The van der Waals surface area contributed by atoms with E-state index in [1.54, 1.807) is 7.11 Å². The molecular weight excluding hydrogens is 304 g/mol. The highest BCUT2D eigenvalue weighted by Crippen LogP contribution is 2.41. The van der Waals surface area contributed by atoms with Crippen molar-refractivity contribution in [2.75, 3.05) is 39.9 Å². The molecule has 0 unspecified atom stereocenters. The lowest BCUT2D eigenvalue weighted by atomic mass is 9.83. The van der Waals surface area contributed by atoms with E-state index >= 15 is 0 Å². The number of guanidine groups is 1. The third kappa shape index (κ3) is 6.30. The predicted molar refractivity (Wildman–Crippen MR) is 97.1 cm³/mol. The van der Waals surface area contributed by atoms with Gasteiger partial charge < -0.3 is 20.7 Å². The zero-order valence-corrected chi connectivity index (χ0v) is 15.3. The molecule has 2 rings (SSSR count). The van der Waals surface area contributed by atoms with Gasteiger partial charge in [0.05, 0.1) is 0 Å². The minimum atomic E-state index is 0.197. The fourth-order valence-corrected chi connectivity index (χ4v) is 3.38. The van der Waals surface area contributed by atoms with E-state index in [1.807, 2.05) is 0 Å². The molecule has 24 heavy (non-hydrogen) atoms. The molecule has 2 aliphatic carbocycles. The van der Waals surface area contributed by atoms with Gasteiger partial charge in [0.2, 0.25) is 5.91 Å². The van der Waals surface area contributed by atoms with E-state index < -0.39 is 0 Å². The van der Waals surface area contributed by atoms with Crippen LogP contribution in [-0.4, -0.2) is 51.8 Å². The molecule has 0 aliphatic heterocycles. The van der Waals surface area contributed by atoms with Gasteiger partial charge in [-0.15, -0.1) is 0 Å². The first-order chi connectivity index (χ1) is 11.7. The quantitative estimate of drug-likeness (QED) is 0.322. The molecule has 0 radical (unpaired) electrons. The van der Waals surface area contributed by atoms with Gasteiger partial charge in [-0.25, -0.2) is 0 Å². The van der Waals surface area contributed by atoms with E-state index in [2.05, 4.69) is 22.9 Å². The molecule has 138 valence electrons. The number of ether oxygens (including phenoxy) is 1. The fraction of sp³-hybridized carbons (Fsp3) is 0.889. The highest BCUT2D eigenvalue weighted by atomic mass is 16.5. The standard InChI is InChI=1S/C18H34N4O2/c1-3-19-17(21-12-11-20-16(23)15-6-7-15)22-14-18(10-13-24-2)8-4-5-9-18/h15H,3-14H2,1-2H3,(H,20,23)(H2,19,21,22). The van der Waals surface area contributed by atoms with E-state index in [9.17, 15) is 4.79 Å². The van der Waals surface area contributed by atoms with Crippen molar-refractivity contribution in [1.29, 1.82) is 0 Å². The largest absolute Gasteiger partial charge is 0.385 e. The maximum absolute atomic E-state index is 11.6. The van der Waals surface area contributed by atoms with Gasteiger partial charge in [0.15, 0.2) is 5.96 Å². The van der Waals surface area contributed by atoms with Gasteiger partial charge in [-0.05, 0) is 44.4 Å². The summed E-state index contributed by atoms with van der Waals surface area (Å²) in [6.45, 7) is 5.92. The lowest BCUT2D eigenvalue weighted by Gasteiger charge is -2.27. The minimum Gasteiger partial charge on any atom is -0.385 e. The molecular formula is C18H34N4O2. The van der Waals surface area contributed by atoms with Crippen LogP contribution in [0.5, 0.6) is 0 Å². The van der Waals surface area contributed by atoms with E-state index in [0.717, 1.165) is 44.9 Å². The van der Waals surface area contributed by atoms with Crippen molar-refractivity contribution in [3.8, 4) is 0 Å². The van der Waals surface area contributed by atoms with E-state index in [0.29, 0.717) is 18.5 Å². The third-order valence-electron chi connectivity index (χ3n) is 5.08. The van der Waals surface area contributed by atoms with Crippen molar-refractivity contribution in [2.24, 2.45) is 16.3 Å². The number of aliphatic imine (C=N–C) groups is 1. The summed E-state index contributed by atoms with van der Waals surface area (Å²) in [5, 5.41) is 9.60. The molecule has 3 N–H and O–H groups in total. The highest BCUT2D eigenvalue weighted by Gasteiger charge is 2.33. The molecule has 2 fully saturated rings. The summed E-state index contributed by atoms with van der Waals surface area (Å²) >= 11 is 0. The predicted octanol–water partition coefficient (Wildman–Crippen LogP) is 1.66. The van der Waals surface area contributed by atoms with Gasteiger partial charge in [-0.3, -0.25) is 9.79 Å². The molecule has 0 spiro atoms. The lowest BCUT2D eigenvalue weighted by molar-refractivity contribution is -0.122. The zero-order valence-electron chi connectivity index (χ0n) is 15.3. The normalized spacial score (nSPS) is 20.0. The first-order valence-corrected chi connectivity index (χ1v) is 9.48. The maximum atomic E-state index is 11.6. The van der Waals surface area contributed by atoms with Crippen LogP contribution in [0.25, 0.3) is 0 Å². The molecule has 0 heterocycles. The van der Waals surface area contributed by atoms with E-state index in [4.69, 9.17) is 9.73 Å². The lowest BCUT2D eigenvalue weighted by Crippen LogP contribution is -2.42.